The van der Waals surface area contributed by atoms with Gasteiger partial charge in [-0.25, -0.2) is 4.98 Å². The number of aryl methyl sites for hydroxylation is 1. The quantitative estimate of drug-likeness (QED) is 0.685. The lowest BCUT2D eigenvalue weighted by molar-refractivity contribution is -0.142. The van der Waals surface area contributed by atoms with Crippen molar-refractivity contribution in [3.8, 4) is 0 Å². The van der Waals surface area contributed by atoms with E-state index in [0.717, 1.165) is 0 Å². The monoisotopic (exact) mass is 239 g/mol. The Kier molecular flexibility index (Phi) is 4.68. The first-order chi connectivity index (χ1) is 8.06. The molecule has 0 spiro atoms. The zero-order chi connectivity index (χ0) is 12.8. The van der Waals surface area contributed by atoms with E-state index in [1.165, 1.54) is 4.57 Å². The topological polar surface area (TPSA) is 64.4 Å². The number of ether oxygens (including phenoxy) is 1. The molecule has 0 fully saturated rings. The molecule has 0 amide bonds. The van der Waals surface area contributed by atoms with Crippen molar-refractivity contribution in [1.29, 1.82) is 0 Å². The molecule has 1 rings (SSSR count). The van der Waals surface area contributed by atoms with Gasteiger partial charge in [0.25, 0.3) is 5.56 Å². The molecule has 0 saturated carbocycles. The van der Waals surface area contributed by atoms with Crippen molar-refractivity contribution in [3.63, 3.8) is 0 Å². The molecular formula is C11H17N3O3. The minimum absolute atomic E-state index is 0.182. The lowest BCUT2D eigenvalue weighted by Crippen LogP contribution is -2.31. The van der Waals surface area contributed by atoms with Gasteiger partial charge in [-0.2, -0.15) is 0 Å². The molecule has 0 atom stereocenters. The van der Waals surface area contributed by atoms with E-state index in [4.69, 9.17) is 4.74 Å². The van der Waals surface area contributed by atoms with Gasteiger partial charge in [0.05, 0.1) is 13.0 Å². The average molecular weight is 239 g/mol. The Hall–Kier alpha value is -1.85. The number of aromatic nitrogens is 2. The zero-order valence-electron chi connectivity index (χ0n) is 10.3. The van der Waals surface area contributed by atoms with Gasteiger partial charge < -0.3 is 14.2 Å². The second-order valence-electron chi connectivity index (χ2n) is 3.64. The molecule has 0 aliphatic rings. The van der Waals surface area contributed by atoms with Crippen LogP contribution >= 0.6 is 0 Å². The molecule has 0 aromatic carbocycles. The first kappa shape index (κ1) is 13.2. The SMILES string of the molecule is CCOC(=O)CCN(C)c1nccn(C)c1=O. The van der Waals surface area contributed by atoms with Gasteiger partial charge in [0.15, 0.2) is 5.82 Å². The average Bonchev–Trinajstić information content (AvgIpc) is 2.30. The predicted molar refractivity (Wildman–Crippen MR) is 64.0 cm³/mol. The second-order valence-corrected chi connectivity index (χ2v) is 3.64. The first-order valence-electron chi connectivity index (χ1n) is 5.44. The Balaban J connectivity index is 2.64. The van der Waals surface area contributed by atoms with Crippen LogP contribution < -0.4 is 10.5 Å². The predicted octanol–water partition coefficient (Wildman–Crippen LogP) is 0.170. The largest absolute Gasteiger partial charge is 0.466 e. The third kappa shape index (κ3) is 3.58. The van der Waals surface area contributed by atoms with Crippen LogP contribution in [0, 0.1) is 0 Å². The number of hydrogen-bond donors (Lipinski definition) is 0. The Morgan fingerprint density at radius 2 is 2.29 bits per heavy atom. The molecule has 0 saturated heterocycles. The molecule has 94 valence electrons. The summed E-state index contributed by atoms with van der Waals surface area (Å²) in [5.41, 5.74) is -0.182. The van der Waals surface area contributed by atoms with E-state index in [1.807, 2.05) is 0 Å². The smallest absolute Gasteiger partial charge is 0.307 e. The van der Waals surface area contributed by atoms with Gasteiger partial charge in [0.1, 0.15) is 0 Å². The highest BCUT2D eigenvalue weighted by Crippen LogP contribution is 2.01. The summed E-state index contributed by atoms with van der Waals surface area (Å²) < 4.78 is 6.26. The Bertz CT molecular complexity index is 442. The lowest BCUT2D eigenvalue weighted by Gasteiger charge is -2.16. The van der Waals surface area contributed by atoms with E-state index in [-0.39, 0.29) is 17.9 Å². The van der Waals surface area contributed by atoms with Gasteiger partial charge >= 0.3 is 5.97 Å². The summed E-state index contributed by atoms with van der Waals surface area (Å²) in [5, 5.41) is 0. The van der Waals surface area contributed by atoms with Crippen LogP contribution in [-0.4, -0.2) is 35.7 Å². The lowest BCUT2D eigenvalue weighted by atomic mass is 10.4. The van der Waals surface area contributed by atoms with Crippen LogP contribution in [0.5, 0.6) is 0 Å². The van der Waals surface area contributed by atoms with Crippen molar-refractivity contribution in [3.05, 3.63) is 22.7 Å². The molecule has 17 heavy (non-hydrogen) atoms. The van der Waals surface area contributed by atoms with E-state index in [1.54, 1.807) is 38.3 Å². The van der Waals surface area contributed by atoms with Crippen molar-refractivity contribution in [2.75, 3.05) is 25.1 Å². The number of rotatable bonds is 5. The van der Waals surface area contributed by atoms with Gasteiger partial charge in [0, 0.05) is 33.0 Å². The molecule has 0 radical (unpaired) electrons. The zero-order valence-corrected chi connectivity index (χ0v) is 10.3. The van der Waals surface area contributed by atoms with Crippen molar-refractivity contribution in [2.24, 2.45) is 7.05 Å². The maximum atomic E-state index is 11.7. The molecule has 6 nitrogen and oxygen atoms in total. The summed E-state index contributed by atoms with van der Waals surface area (Å²) in [5.74, 6) is 0.0615. The van der Waals surface area contributed by atoms with E-state index < -0.39 is 0 Å². The molecule has 1 aromatic rings. The van der Waals surface area contributed by atoms with Gasteiger partial charge in [-0.15, -0.1) is 0 Å². The summed E-state index contributed by atoms with van der Waals surface area (Å²) >= 11 is 0. The van der Waals surface area contributed by atoms with Crippen LogP contribution in [0.15, 0.2) is 17.2 Å². The third-order valence-corrected chi connectivity index (χ3v) is 2.32. The first-order valence-corrected chi connectivity index (χ1v) is 5.44. The van der Waals surface area contributed by atoms with Gasteiger partial charge in [-0.1, -0.05) is 0 Å². The third-order valence-electron chi connectivity index (χ3n) is 2.32. The van der Waals surface area contributed by atoms with Gasteiger partial charge in [-0.3, -0.25) is 9.59 Å². The van der Waals surface area contributed by atoms with Crippen LogP contribution in [0.3, 0.4) is 0 Å². The maximum Gasteiger partial charge on any atom is 0.307 e. The highest BCUT2D eigenvalue weighted by Gasteiger charge is 2.10. The summed E-state index contributed by atoms with van der Waals surface area (Å²) in [4.78, 5) is 28.6. The van der Waals surface area contributed by atoms with E-state index in [9.17, 15) is 9.59 Å². The highest BCUT2D eigenvalue weighted by molar-refractivity contribution is 5.70. The Labute approximate surface area is 99.8 Å². The summed E-state index contributed by atoms with van der Waals surface area (Å²) in [7, 11) is 3.38. The minimum atomic E-state index is -0.271. The van der Waals surface area contributed by atoms with E-state index in [0.29, 0.717) is 19.0 Å². The maximum absolute atomic E-state index is 11.7. The second kappa shape index (κ2) is 6.03. The normalized spacial score (nSPS) is 10.1. The van der Waals surface area contributed by atoms with Gasteiger partial charge in [-0.05, 0) is 6.92 Å². The molecule has 1 heterocycles. The van der Waals surface area contributed by atoms with Crippen LogP contribution in [0.2, 0.25) is 0 Å². The Morgan fingerprint density at radius 1 is 1.59 bits per heavy atom. The summed E-state index contributed by atoms with van der Waals surface area (Å²) in [6.45, 7) is 2.54. The molecule has 0 bridgehead atoms. The van der Waals surface area contributed by atoms with Crippen LogP contribution in [-0.2, 0) is 16.6 Å². The number of carbonyl (C=O) groups is 1. The minimum Gasteiger partial charge on any atom is -0.466 e. The summed E-state index contributed by atoms with van der Waals surface area (Å²) in [6, 6.07) is 0. The van der Waals surface area contributed by atoms with Crippen molar-refractivity contribution < 1.29 is 9.53 Å². The molecular weight excluding hydrogens is 222 g/mol. The fourth-order valence-electron chi connectivity index (χ4n) is 1.34. The van der Waals surface area contributed by atoms with E-state index >= 15 is 0 Å². The Morgan fingerprint density at radius 3 is 2.94 bits per heavy atom. The number of hydrogen-bond acceptors (Lipinski definition) is 5. The van der Waals surface area contributed by atoms with Crippen molar-refractivity contribution >= 4 is 11.8 Å². The van der Waals surface area contributed by atoms with Crippen LogP contribution in [0.25, 0.3) is 0 Å². The fourth-order valence-corrected chi connectivity index (χ4v) is 1.34. The molecule has 1 aromatic heterocycles. The van der Waals surface area contributed by atoms with Gasteiger partial charge in [0.2, 0.25) is 0 Å². The van der Waals surface area contributed by atoms with Crippen LogP contribution in [0.4, 0.5) is 5.82 Å². The number of carbonyl (C=O) groups excluding carboxylic acids is 1. The highest BCUT2D eigenvalue weighted by atomic mass is 16.5. The summed E-state index contributed by atoms with van der Waals surface area (Å²) in [6.07, 6.45) is 3.38. The number of esters is 1. The molecule has 0 aliphatic carbocycles. The number of anilines is 1. The number of nitrogens with zero attached hydrogens (tertiary/aromatic N) is 3. The molecule has 6 heteroatoms. The van der Waals surface area contributed by atoms with Crippen molar-refractivity contribution in [2.45, 2.75) is 13.3 Å². The van der Waals surface area contributed by atoms with E-state index in [2.05, 4.69) is 4.98 Å². The fraction of sp³-hybridized carbons (Fsp3) is 0.545. The molecule has 0 aliphatic heterocycles. The molecule has 0 unspecified atom stereocenters. The van der Waals surface area contributed by atoms with Crippen molar-refractivity contribution in [1.82, 2.24) is 9.55 Å². The molecule has 0 N–H and O–H groups in total. The van der Waals surface area contributed by atoms with Crippen LogP contribution in [0.1, 0.15) is 13.3 Å². The standard InChI is InChI=1S/C11H17N3O3/c1-4-17-9(15)5-7-13(2)10-11(16)14(3)8-6-12-10/h6,8H,4-5,7H2,1-3H3.